The Bertz CT molecular complexity index is 439. The van der Waals surface area contributed by atoms with Crippen molar-refractivity contribution in [3.63, 3.8) is 0 Å². The van der Waals surface area contributed by atoms with Gasteiger partial charge in [0.25, 0.3) is 0 Å². The molecule has 0 amide bonds. The topological polar surface area (TPSA) is 37.3 Å². The SMILES string of the molecule is C=CCCCCC(CCCCC)c1ccc(CS(=O)O)cc1. The number of unbranched alkanes of at least 4 members (excludes halogenated alkanes) is 4. The lowest BCUT2D eigenvalue weighted by Crippen LogP contribution is -2.01. The van der Waals surface area contributed by atoms with Crippen LogP contribution in [0.3, 0.4) is 0 Å². The smallest absolute Gasteiger partial charge is 0.157 e. The van der Waals surface area contributed by atoms with E-state index in [4.69, 9.17) is 4.55 Å². The second-order valence-corrected chi connectivity index (χ2v) is 6.90. The second-order valence-electron chi connectivity index (χ2n) is 5.97. The van der Waals surface area contributed by atoms with Crippen molar-refractivity contribution >= 4 is 11.1 Å². The standard InChI is InChI=1S/C19H30O2S/c1-3-5-7-9-11-18(10-8-6-4-2)19-14-12-17(13-15-19)16-22(20)21/h3,12-15,18H,1,4-11,16H2,2H3,(H,20,21). The van der Waals surface area contributed by atoms with Gasteiger partial charge in [-0.05, 0) is 42.7 Å². The van der Waals surface area contributed by atoms with Crippen LogP contribution in [-0.2, 0) is 16.8 Å². The number of rotatable bonds is 12. The van der Waals surface area contributed by atoms with Crippen LogP contribution in [0.15, 0.2) is 36.9 Å². The summed E-state index contributed by atoms with van der Waals surface area (Å²) >= 11 is -1.76. The molecule has 1 N–H and O–H groups in total. The summed E-state index contributed by atoms with van der Waals surface area (Å²) in [5, 5.41) is 0. The normalized spacial score (nSPS) is 13.7. The van der Waals surface area contributed by atoms with Crippen LogP contribution in [0, 0.1) is 0 Å². The van der Waals surface area contributed by atoms with E-state index in [1.54, 1.807) is 0 Å². The van der Waals surface area contributed by atoms with Crippen LogP contribution in [0.2, 0.25) is 0 Å². The van der Waals surface area contributed by atoms with Gasteiger partial charge in [0.15, 0.2) is 11.1 Å². The summed E-state index contributed by atoms with van der Waals surface area (Å²) < 4.78 is 19.8. The van der Waals surface area contributed by atoms with Crippen molar-refractivity contribution in [3.05, 3.63) is 48.0 Å². The molecule has 3 heteroatoms. The fraction of sp³-hybridized carbons (Fsp3) is 0.579. The summed E-state index contributed by atoms with van der Waals surface area (Å²) in [5.74, 6) is 0.838. The van der Waals surface area contributed by atoms with E-state index in [-0.39, 0.29) is 5.75 Å². The summed E-state index contributed by atoms with van der Waals surface area (Å²) in [7, 11) is 0. The molecule has 0 aliphatic heterocycles. The molecule has 0 aliphatic carbocycles. The van der Waals surface area contributed by atoms with Gasteiger partial charge in [0.2, 0.25) is 0 Å². The molecule has 2 atom stereocenters. The molecule has 2 unspecified atom stereocenters. The highest BCUT2D eigenvalue weighted by Gasteiger charge is 2.11. The molecule has 0 saturated carbocycles. The monoisotopic (exact) mass is 322 g/mol. The second kappa shape index (κ2) is 11.6. The Kier molecular flexibility index (Phi) is 10.1. The van der Waals surface area contributed by atoms with Gasteiger partial charge in [-0.15, -0.1) is 6.58 Å². The first kappa shape index (κ1) is 19.1. The van der Waals surface area contributed by atoms with E-state index >= 15 is 0 Å². The summed E-state index contributed by atoms with van der Waals surface area (Å²) in [6.45, 7) is 6.02. The molecule has 0 radical (unpaired) electrons. The minimum absolute atomic E-state index is 0.222. The van der Waals surface area contributed by atoms with E-state index in [9.17, 15) is 4.21 Å². The molecule has 0 heterocycles. The van der Waals surface area contributed by atoms with E-state index in [1.165, 1.54) is 50.5 Å². The van der Waals surface area contributed by atoms with E-state index in [0.29, 0.717) is 5.92 Å². The molecule has 0 aliphatic rings. The Balaban J connectivity index is 2.62. The van der Waals surface area contributed by atoms with Crippen molar-refractivity contribution < 1.29 is 8.76 Å². The maximum absolute atomic E-state index is 10.9. The summed E-state index contributed by atoms with van der Waals surface area (Å²) in [6.07, 6.45) is 11.9. The van der Waals surface area contributed by atoms with Gasteiger partial charge in [0.05, 0.1) is 5.75 Å². The first-order chi connectivity index (χ1) is 10.7. The fourth-order valence-corrected chi connectivity index (χ4v) is 3.30. The lowest BCUT2D eigenvalue weighted by Gasteiger charge is -2.18. The number of allylic oxidation sites excluding steroid dienone is 1. The van der Waals surface area contributed by atoms with Crippen LogP contribution in [0.25, 0.3) is 0 Å². The Hall–Kier alpha value is -0.930. The highest BCUT2D eigenvalue weighted by Crippen LogP contribution is 2.28. The summed E-state index contributed by atoms with van der Waals surface area (Å²) in [6, 6.07) is 8.29. The van der Waals surface area contributed by atoms with E-state index in [2.05, 4.69) is 25.6 Å². The molecule has 0 spiro atoms. The molecule has 1 rings (SSSR count). The lowest BCUT2D eigenvalue weighted by atomic mass is 9.88. The van der Waals surface area contributed by atoms with E-state index in [1.807, 2.05) is 18.2 Å². The van der Waals surface area contributed by atoms with Gasteiger partial charge >= 0.3 is 0 Å². The Morgan fingerprint density at radius 1 is 1.14 bits per heavy atom. The van der Waals surface area contributed by atoms with Crippen molar-refractivity contribution in [3.8, 4) is 0 Å². The number of hydrogen-bond acceptors (Lipinski definition) is 1. The predicted molar refractivity (Wildman–Crippen MR) is 96.5 cm³/mol. The molecule has 2 nitrogen and oxygen atoms in total. The van der Waals surface area contributed by atoms with Gasteiger partial charge in [0, 0.05) is 0 Å². The summed E-state index contributed by atoms with van der Waals surface area (Å²) in [5.41, 5.74) is 2.31. The maximum Gasteiger partial charge on any atom is 0.157 e. The Morgan fingerprint density at radius 2 is 1.77 bits per heavy atom. The quantitative estimate of drug-likeness (QED) is 0.299. The van der Waals surface area contributed by atoms with Crippen LogP contribution in [0.4, 0.5) is 0 Å². The molecule has 0 bridgehead atoms. The highest BCUT2D eigenvalue weighted by atomic mass is 32.2. The number of benzene rings is 1. The minimum Gasteiger partial charge on any atom is -0.306 e. The molecular weight excluding hydrogens is 292 g/mol. The van der Waals surface area contributed by atoms with Crippen molar-refractivity contribution in [2.75, 3.05) is 0 Å². The molecule has 124 valence electrons. The van der Waals surface area contributed by atoms with Crippen LogP contribution in [0.5, 0.6) is 0 Å². The zero-order valence-electron chi connectivity index (χ0n) is 13.8. The lowest BCUT2D eigenvalue weighted by molar-refractivity contribution is 0.510. The van der Waals surface area contributed by atoms with Gasteiger partial charge in [-0.1, -0.05) is 62.9 Å². The van der Waals surface area contributed by atoms with Gasteiger partial charge in [-0.25, -0.2) is 4.21 Å². The molecule has 1 aromatic rings. The molecular formula is C19H30O2S. The van der Waals surface area contributed by atoms with Crippen molar-refractivity contribution in [1.29, 1.82) is 0 Å². The van der Waals surface area contributed by atoms with E-state index in [0.717, 1.165) is 12.0 Å². The fourth-order valence-electron chi connectivity index (χ4n) is 2.83. The van der Waals surface area contributed by atoms with Crippen molar-refractivity contribution in [2.24, 2.45) is 0 Å². The van der Waals surface area contributed by atoms with Crippen LogP contribution in [0.1, 0.15) is 75.3 Å². The first-order valence-corrected chi connectivity index (χ1v) is 9.72. The Morgan fingerprint density at radius 3 is 2.32 bits per heavy atom. The average molecular weight is 323 g/mol. The molecule has 22 heavy (non-hydrogen) atoms. The highest BCUT2D eigenvalue weighted by molar-refractivity contribution is 7.78. The predicted octanol–water partition coefficient (Wildman–Crippen LogP) is 5.82. The van der Waals surface area contributed by atoms with Crippen LogP contribution < -0.4 is 0 Å². The molecule has 1 aromatic carbocycles. The van der Waals surface area contributed by atoms with Crippen LogP contribution in [-0.4, -0.2) is 8.76 Å². The molecule has 0 saturated heterocycles. The summed E-state index contributed by atoms with van der Waals surface area (Å²) in [4.78, 5) is 0. The number of hydrogen-bond donors (Lipinski definition) is 1. The maximum atomic E-state index is 10.9. The van der Waals surface area contributed by atoms with E-state index < -0.39 is 11.1 Å². The Labute approximate surface area is 138 Å². The first-order valence-electron chi connectivity index (χ1n) is 8.44. The van der Waals surface area contributed by atoms with Gasteiger partial charge in [-0.3, -0.25) is 0 Å². The third-order valence-electron chi connectivity index (χ3n) is 4.11. The van der Waals surface area contributed by atoms with Gasteiger partial charge in [-0.2, -0.15) is 0 Å². The third kappa shape index (κ3) is 7.90. The zero-order chi connectivity index (χ0) is 16.2. The van der Waals surface area contributed by atoms with Gasteiger partial charge < -0.3 is 4.55 Å². The zero-order valence-corrected chi connectivity index (χ0v) is 14.6. The molecule has 0 aromatic heterocycles. The molecule has 0 fully saturated rings. The van der Waals surface area contributed by atoms with Gasteiger partial charge in [0.1, 0.15) is 0 Å². The third-order valence-corrected chi connectivity index (χ3v) is 4.69. The van der Waals surface area contributed by atoms with Crippen LogP contribution >= 0.6 is 0 Å². The average Bonchev–Trinajstić information content (AvgIpc) is 2.50. The van der Waals surface area contributed by atoms with Crippen molar-refractivity contribution in [1.82, 2.24) is 0 Å². The van der Waals surface area contributed by atoms with Crippen molar-refractivity contribution in [2.45, 2.75) is 70.0 Å². The largest absolute Gasteiger partial charge is 0.306 e. The minimum atomic E-state index is -1.76.